The van der Waals surface area contributed by atoms with Crippen molar-refractivity contribution in [1.82, 2.24) is 10.2 Å². The highest BCUT2D eigenvalue weighted by Gasteiger charge is 2.38. The van der Waals surface area contributed by atoms with Gasteiger partial charge in [-0.25, -0.2) is 4.79 Å². The molecule has 1 saturated heterocycles. The van der Waals surface area contributed by atoms with Crippen LogP contribution in [-0.4, -0.2) is 52.5 Å². The Morgan fingerprint density at radius 2 is 2.07 bits per heavy atom. The minimum atomic E-state index is -5.08. The van der Waals surface area contributed by atoms with Gasteiger partial charge in [-0.1, -0.05) is 6.58 Å². The van der Waals surface area contributed by atoms with Crippen LogP contribution in [-0.2, 0) is 9.59 Å². The third-order valence-corrected chi connectivity index (χ3v) is 3.86. The summed E-state index contributed by atoms with van der Waals surface area (Å²) in [5.74, 6) is -2.14. The Balaban J connectivity index is 0.000000345. The number of carbonyl (C=O) groups excluding carboxylic acids is 1. The molecule has 1 atom stereocenters. The molecule has 1 aromatic carbocycles. The van der Waals surface area contributed by atoms with Crippen molar-refractivity contribution in [2.45, 2.75) is 18.6 Å². The van der Waals surface area contributed by atoms with E-state index in [4.69, 9.17) is 15.6 Å². The maximum Gasteiger partial charge on any atom is 0.490 e. The summed E-state index contributed by atoms with van der Waals surface area (Å²) in [6.45, 7) is 5.13. The summed E-state index contributed by atoms with van der Waals surface area (Å²) in [4.78, 5) is 22.4. The van der Waals surface area contributed by atoms with E-state index in [9.17, 15) is 18.0 Å². The molecule has 3 rings (SSSR count). The van der Waals surface area contributed by atoms with Gasteiger partial charge in [0.25, 0.3) is 0 Å². The lowest BCUT2D eigenvalue weighted by Gasteiger charge is -2.18. The first-order chi connectivity index (χ1) is 13.1. The Morgan fingerprint density at radius 3 is 2.61 bits per heavy atom. The van der Waals surface area contributed by atoms with Gasteiger partial charge < -0.3 is 21.1 Å². The summed E-state index contributed by atoms with van der Waals surface area (Å²) in [5.41, 5.74) is 6.67. The molecular weight excluding hydrogens is 379 g/mol. The first-order valence-corrected chi connectivity index (χ1v) is 8.11. The largest absolute Gasteiger partial charge is 0.490 e. The second kappa shape index (κ2) is 8.65. The van der Waals surface area contributed by atoms with Crippen molar-refractivity contribution < 1.29 is 27.9 Å². The Hall–Kier alpha value is -3.21. The highest BCUT2D eigenvalue weighted by atomic mass is 19.4. The van der Waals surface area contributed by atoms with Crippen molar-refractivity contribution >= 4 is 34.2 Å². The highest BCUT2D eigenvalue weighted by molar-refractivity contribution is 6.01. The van der Waals surface area contributed by atoms with E-state index in [0.29, 0.717) is 5.69 Å². The summed E-state index contributed by atoms with van der Waals surface area (Å²) in [7, 11) is 0. The van der Waals surface area contributed by atoms with Crippen molar-refractivity contribution in [2.24, 2.45) is 5.73 Å². The number of nitrogens with one attached hydrogen (secondary N) is 1. The molecule has 0 radical (unpaired) electrons. The molecule has 0 aliphatic carbocycles. The molecule has 2 aromatic rings. The molecule has 1 amide bonds. The van der Waals surface area contributed by atoms with Crippen molar-refractivity contribution in [3.63, 3.8) is 0 Å². The maximum atomic E-state index is 11.4. The number of halogens is 3. The zero-order valence-corrected chi connectivity index (χ0v) is 14.6. The van der Waals surface area contributed by atoms with Crippen LogP contribution < -0.4 is 16.0 Å². The molecule has 0 saturated carbocycles. The number of nitrogens with zero attached hydrogens (tertiary/aromatic N) is 3. The predicted molar refractivity (Wildman–Crippen MR) is 96.9 cm³/mol. The number of alkyl halides is 3. The van der Waals surface area contributed by atoms with Crippen LogP contribution in [0.5, 0.6) is 0 Å². The summed E-state index contributed by atoms with van der Waals surface area (Å²) in [5, 5.41) is 20.1. The second-order valence-electron chi connectivity index (χ2n) is 5.96. The third-order valence-electron chi connectivity index (χ3n) is 3.86. The minimum absolute atomic E-state index is 0.188. The smallest absolute Gasteiger partial charge is 0.475 e. The molecule has 150 valence electrons. The van der Waals surface area contributed by atoms with Crippen LogP contribution >= 0.6 is 0 Å². The predicted octanol–water partition coefficient (Wildman–Crippen LogP) is 1.92. The number of fused-ring (bicyclic) bond motifs is 1. The highest BCUT2D eigenvalue weighted by Crippen LogP contribution is 2.28. The summed E-state index contributed by atoms with van der Waals surface area (Å²) >= 11 is 0. The van der Waals surface area contributed by atoms with Crippen LogP contribution in [0.3, 0.4) is 0 Å². The van der Waals surface area contributed by atoms with Gasteiger partial charge in [0.1, 0.15) is 0 Å². The summed E-state index contributed by atoms with van der Waals surface area (Å²) < 4.78 is 31.7. The number of nitrogens with two attached hydrogens (primary N) is 1. The maximum absolute atomic E-state index is 11.4. The first-order valence-electron chi connectivity index (χ1n) is 8.11. The fraction of sp³-hybridized carbons (Fsp3) is 0.294. The molecule has 1 aromatic heterocycles. The fourth-order valence-corrected chi connectivity index (χ4v) is 2.56. The van der Waals surface area contributed by atoms with E-state index in [-0.39, 0.29) is 11.9 Å². The number of aromatic nitrogens is 2. The number of carboxylic acids is 1. The summed E-state index contributed by atoms with van der Waals surface area (Å²) in [6.07, 6.45) is -1.18. The third kappa shape index (κ3) is 5.39. The van der Waals surface area contributed by atoms with Crippen LogP contribution in [0.2, 0.25) is 0 Å². The van der Waals surface area contributed by atoms with Crippen LogP contribution in [0.25, 0.3) is 10.8 Å². The van der Waals surface area contributed by atoms with E-state index < -0.39 is 12.1 Å². The van der Waals surface area contributed by atoms with Gasteiger partial charge in [-0.3, -0.25) is 4.79 Å². The average molecular weight is 397 g/mol. The molecule has 0 unspecified atom stereocenters. The Morgan fingerprint density at radius 1 is 1.39 bits per heavy atom. The van der Waals surface area contributed by atoms with Crippen LogP contribution in [0.15, 0.2) is 37.1 Å². The lowest BCUT2D eigenvalue weighted by molar-refractivity contribution is -0.192. The SMILES string of the molecule is C=CC(=O)Nc1ccc2c(N3CC[C@@H](N)C3)nncc2c1.O=C(O)C(F)(F)F. The topological polar surface area (TPSA) is 121 Å². The van der Waals surface area contributed by atoms with E-state index in [1.807, 2.05) is 18.2 Å². The fourth-order valence-electron chi connectivity index (χ4n) is 2.56. The number of aliphatic carboxylic acids is 1. The number of benzene rings is 1. The van der Waals surface area contributed by atoms with Crippen LogP contribution in [0.4, 0.5) is 24.7 Å². The number of anilines is 2. The number of carboxylic acid groups (broad SMARTS) is 1. The van der Waals surface area contributed by atoms with Crippen molar-refractivity contribution in [2.75, 3.05) is 23.3 Å². The quantitative estimate of drug-likeness (QED) is 0.677. The lowest BCUT2D eigenvalue weighted by Crippen LogP contribution is -2.27. The molecule has 2 heterocycles. The Bertz CT molecular complexity index is 888. The van der Waals surface area contributed by atoms with Crippen LogP contribution in [0, 0.1) is 0 Å². The monoisotopic (exact) mass is 397 g/mol. The Labute approximate surface area is 157 Å². The Kier molecular flexibility index (Phi) is 6.52. The first kappa shape index (κ1) is 21.1. The average Bonchev–Trinajstić information content (AvgIpc) is 3.06. The number of rotatable bonds is 3. The number of amides is 1. The standard InChI is InChI=1S/C15H17N5O.C2HF3O2/c1-2-14(21)18-12-3-4-13-10(7-12)8-17-19-15(13)20-6-5-11(16)9-20;3-2(4,5)1(6)7/h2-4,7-8,11H,1,5-6,9,16H2,(H,18,21);(H,6,7)/t11-;/m1./s1. The zero-order valence-electron chi connectivity index (χ0n) is 14.6. The number of carbonyl (C=O) groups is 2. The van der Waals surface area contributed by atoms with Gasteiger partial charge in [-0.05, 0) is 30.7 Å². The second-order valence-corrected chi connectivity index (χ2v) is 5.96. The normalized spacial score (nSPS) is 16.3. The molecule has 28 heavy (non-hydrogen) atoms. The van der Waals surface area contributed by atoms with Gasteiger partial charge in [0, 0.05) is 35.6 Å². The molecule has 1 fully saturated rings. The summed E-state index contributed by atoms with van der Waals surface area (Å²) in [6, 6.07) is 5.87. The van der Waals surface area contributed by atoms with Gasteiger partial charge in [0.15, 0.2) is 5.82 Å². The van der Waals surface area contributed by atoms with E-state index in [0.717, 1.165) is 36.1 Å². The molecule has 8 nitrogen and oxygen atoms in total. The molecule has 0 spiro atoms. The molecular formula is C17H18F3N5O3. The lowest BCUT2D eigenvalue weighted by atomic mass is 10.1. The van der Waals surface area contributed by atoms with E-state index in [1.54, 1.807) is 6.20 Å². The molecule has 1 aliphatic heterocycles. The van der Waals surface area contributed by atoms with Gasteiger partial charge in [-0.2, -0.15) is 18.3 Å². The van der Waals surface area contributed by atoms with Crippen molar-refractivity contribution in [3.8, 4) is 0 Å². The van der Waals surface area contributed by atoms with Gasteiger partial charge >= 0.3 is 12.1 Å². The minimum Gasteiger partial charge on any atom is -0.475 e. The molecule has 11 heteroatoms. The van der Waals surface area contributed by atoms with Gasteiger partial charge in [-0.15, -0.1) is 5.10 Å². The molecule has 0 bridgehead atoms. The van der Waals surface area contributed by atoms with E-state index in [2.05, 4.69) is 27.0 Å². The molecule has 4 N–H and O–H groups in total. The van der Waals surface area contributed by atoms with Gasteiger partial charge in [0.05, 0.1) is 6.20 Å². The van der Waals surface area contributed by atoms with E-state index in [1.165, 1.54) is 6.08 Å². The van der Waals surface area contributed by atoms with Crippen LogP contribution in [0.1, 0.15) is 6.42 Å². The van der Waals surface area contributed by atoms with Crippen molar-refractivity contribution in [1.29, 1.82) is 0 Å². The molecule has 1 aliphatic rings. The van der Waals surface area contributed by atoms with Crippen molar-refractivity contribution in [3.05, 3.63) is 37.1 Å². The number of hydrogen-bond donors (Lipinski definition) is 3. The van der Waals surface area contributed by atoms with E-state index >= 15 is 0 Å². The zero-order chi connectivity index (χ0) is 20.9. The van der Waals surface area contributed by atoms with Gasteiger partial charge in [0.2, 0.25) is 5.91 Å². The number of hydrogen-bond acceptors (Lipinski definition) is 6.